The molecule has 1 saturated carbocycles. The lowest BCUT2D eigenvalue weighted by molar-refractivity contribution is -0.129. The first-order valence-electron chi connectivity index (χ1n) is 11.1. The van der Waals surface area contributed by atoms with E-state index < -0.39 is 5.82 Å². The molecule has 1 atom stereocenters. The Morgan fingerprint density at radius 1 is 1.03 bits per heavy atom. The monoisotopic (exact) mass is 424 g/mol. The molecule has 1 N–H and O–H groups in total. The summed E-state index contributed by atoms with van der Waals surface area (Å²) in [5.41, 5.74) is 0.942. The van der Waals surface area contributed by atoms with Gasteiger partial charge in [-0.1, -0.05) is 31.0 Å². The zero-order valence-corrected chi connectivity index (χ0v) is 17.7. The second-order valence-electron chi connectivity index (χ2n) is 8.34. The van der Waals surface area contributed by atoms with Crippen LogP contribution in [0, 0.1) is 11.7 Å². The van der Waals surface area contributed by atoms with Crippen molar-refractivity contribution in [2.45, 2.75) is 38.3 Å². The van der Waals surface area contributed by atoms with Crippen molar-refractivity contribution in [2.24, 2.45) is 5.92 Å². The Morgan fingerprint density at radius 2 is 1.74 bits per heavy atom. The third-order valence-electron chi connectivity index (χ3n) is 6.38. The summed E-state index contributed by atoms with van der Waals surface area (Å²) < 4.78 is 14.0. The summed E-state index contributed by atoms with van der Waals surface area (Å²) in [5, 5.41) is 3.07. The zero-order valence-electron chi connectivity index (χ0n) is 17.7. The molecule has 2 amide bonds. The van der Waals surface area contributed by atoms with Crippen molar-refractivity contribution in [3.8, 4) is 0 Å². The number of benzene rings is 1. The highest BCUT2D eigenvalue weighted by molar-refractivity contribution is 5.94. The van der Waals surface area contributed by atoms with Crippen LogP contribution in [-0.4, -0.2) is 58.8 Å². The van der Waals surface area contributed by atoms with E-state index in [4.69, 9.17) is 0 Å². The number of carbonyl (C=O) groups is 2. The first kappa shape index (κ1) is 21.4. The number of halogens is 1. The first-order valence-corrected chi connectivity index (χ1v) is 11.1. The Labute approximate surface area is 182 Å². The van der Waals surface area contributed by atoms with Crippen LogP contribution >= 0.6 is 0 Å². The van der Waals surface area contributed by atoms with Crippen molar-refractivity contribution in [1.82, 2.24) is 20.1 Å². The molecule has 31 heavy (non-hydrogen) atoms. The van der Waals surface area contributed by atoms with Gasteiger partial charge in [-0.3, -0.25) is 19.5 Å². The van der Waals surface area contributed by atoms with Crippen LogP contribution in [0.1, 0.15) is 41.7 Å². The lowest BCUT2D eigenvalue weighted by Gasteiger charge is -2.40. The average molecular weight is 425 g/mol. The van der Waals surface area contributed by atoms with Crippen LogP contribution < -0.4 is 5.32 Å². The van der Waals surface area contributed by atoms with Crippen LogP contribution in [0.3, 0.4) is 0 Å². The predicted octanol–water partition coefficient (Wildman–Crippen LogP) is 2.85. The quantitative estimate of drug-likeness (QED) is 0.775. The van der Waals surface area contributed by atoms with E-state index in [0.717, 1.165) is 31.4 Å². The number of hydrogen-bond donors (Lipinski definition) is 1. The zero-order chi connectivity index (χ0) is 21.6. The summed E-state index contributed by atoms with van der Waals surface area (Å²) in [6.45, 7) is 2.61. The molecule has 4 rings (SSSR count). The van der Waals surface area contributed by atoms with Crippen LogP contribution in [0.5, 0.6) is 0 Å². The smallest absolute Gasteiger partial charge is 0.256 e. The highest BCUT2D eigenvalue weighted by Crippen LogP contribution is 2.31. The fourth-order valence-electron chi connectivity index (χ4n) is 4.74. The number of nitrogens with one attached hydrogen (secondary N) is 1. The first-order chi connectivity index (χ1) is 15.1. The molecule has 2 fully saturated rings. The van der Waals surface area contributed by atoms with E-state index in [1.807, 2.05) is 18.2 Å². The SMILES string of the molecule is O=C(NCc1ccccn1)[C@H](C1CCCC1)N1CCN(C(=O)c2ccccc2F)CC1. The lowest BCUT2D eigenvalue weighted by Crippen LogP contribution is -2.58. The van der Waals surface area contributed by atoms with Gasteiger partial charge in [0.15, 0.2) is 0 Å². The topological polar surface area (TPSA) is 65.5 Å². The molecule has 7 heteroatoms. The standard InChI is InChI=1S/C24H29FN4O2/c25-21-11-4-3-10-20(21)24(31)29-15-13-28(14-16-29)22(18-7-1-2-8-18)23(30)27-17-19-9-5-6-12-26-19/h3-6,9-12,18,22H,1-2,7-8,13-17H2,(H,27,30)/t22-/m0/s1. The number of pyridine rings is 1. The maximum absolute atomic E-state index is 14.0. The third kappa shape index (κ3) is 5.10. The van der Waals surface area contributed by atoms with E-state index >= 15 is 0 Å². The number of hydrogen-bond acceptors (Lipinski definition) is 4. The Hall–Kier alpha value is -2.80. The van der Waals surface area contributed by atoms with Gasteiger partial charge in [-0.15, -0.1) is 0 Å². The van der Waals surface area contributed by atoms with Crippen LogP contribution in [0.2, 0.25) is 0 Å². The number of rotatable bonds is 6. The van der Waals surface area contributed by atoms with Gasteiger partial charge in [0.1, 0.15) is 5.82 Å². The second-order valence-corrected chi connectivity index (χ2v) is 8.34. The molecule has 0 bridgehead atoms. The molecule has 1 aromatic heterocycles. The van der Waals surface area contributed by atoms with Gasteiger partial charge < -0.3 is 10.2 Å². The van der Waals surface area contributed by atoms with Gasteiger partial charge >= 0.3 is 0 Å². The maximum atomic E-state index is 14.0. The van der Waals surface area contributed by atoms with Crippen LogP contribution in [0.15, 0.2) is 48.7 Å². The molecule has 1 saturated heterocycles. The van der Waals surface area contributed by atoms with Gasteiger partial charge in [-0.05, 0) is 43.0 Å². The predicted molar refractivity (Wildman–Crippen MR) is 116 cm³/mol. The van der Waals surface area contributed by atoms with Crippen molar-refractivity contribution in [3.63, 3.8) is 0 Å². The fourth-order valence-corrected chi connectivity index (χ4v) is 4.74. The van der Waals surface area contributed by atoms with Gasteiger partial charge in [0, 0.05) is 32.4 Å². The van der Waals surface area contributed by atoms with Gasteiger partial charge in [-0.2, -0.15) is 0 Å². The summed E-state index contributed by atoms with van der Waals surface area (Å²) in [6.07, 6.45) is 6.13. The molecule has 0 unspecified atom stereocenters. The number of amides is 2. The summed E-state index contributed by atoms with van der Waals surface area (Å²) in [7, 11) is 0. The van der Waals surface area contributed by atoms with Crippen LogP contribution in [0.25, 0.3) is 0 Å². The minimum Gasteiger partial charge on any atom is -0.349 e. The van der Waals surface area contributed by atoms with Crippen molar-refractivity contribution < 1.29 is 14.0 Å². The molecule has 0 spiro atoms. The fraction of sp³-hybridized carbons (Fsp3) is 0.458. The van der Waals surface area contributed by atoms with Crippen molar-refractivity contribution in [3.05, 3.63) is 65.7 Å². The molecule has 2 aliphatic rings. The van der Waals surface area contributed by atoms with E-state index in [1.165, 1.54) is 12.1 Å². The summed E-state index contributed by atoms with van der Waals surface area (Å²) in [5.74, 6) is -0.411. The number of carbonyl (C=O) groups excluding carboxylic acids is 2. The second kappa shape index (κ2) is 10.0. The molecule has 2 heterocycles. The Balaban J connectivity index is 1.39. The number of aromatic nitrogens is 1. The summed E-state index contributed by atoms with van der Waals surface area (Å²) in [6, 6.07) is 11.6. The Morgan fingerprint density at radius 3 is 2.42 bits per heavy atom. The van der Waals surface area contributed by atoms with E-state index in [-0.39, 0.29) is 23.4 Å². The van der Waals surface area contributed by atoms with E-state index in [1.54, 1.807) is 23.2 Å². The highest BCUT2D eigenvalue weighted by Gasteiger charge is 2.37. The van der Waals surface area contributed by atoms with Gasteiger partial charge in [0.2, 0.25) is 5.91 Å². The lowest BCUT2D eigenvalue weighted by atomic mass is 9.95. The van der Waals surface area contributed by atoms with Crippen LogP contribution in [-0.2, 0) is 11.3 Å². The van der Waals surface area contributed by atoms with Crippen LogP contribution in [0.4, 0.5) is 4.39 Å². The van der Waals surface area contributed by atoms with Gasteiger partial charge in [-0.25, -0.2) is 4.39 Å². The molecule has 2 aromatic rings. The molecular weight excluding hydrogens is 395 g/mol. The molecule has 1 aliphatic heterocycles. The largest absolute Gasteiger partial charge is 0.349 e. The highest BCUT2D eigenvalue weighted by atomic mass is 19.1. The number of piperazine rings is 1. The van der Waals surface area contributed by atoms with Crippen molar-refractivity contribution >= 4 is 11.8 Å². The molecule has 164 valence electrons. The van der Waals surface area contributed by atoms with Crippen molar-refractivity contribution in [1.29, 1.82) is 0 Å². The van der Waals surface area contributed by atoms with E-state index in [2.05, 4.69) is 15.2 Å². The number of nitrogens with zero attached hydrogens (tertiary/aromatic N) is 3. The van der Waals surface area contributed by atoms with Crippen molar-refractivity contribution in [2.75, 3.05) is 26.2 Å². The average Bonchev–Trinajstić information content (AvgIpc) is 3.33. The molecule has 1 aliphatic carbocycles. The molecular formula is C24H29FN4O2. The summed E-state index contributed by atoms with van der Waals surface area (Å²) in [4.78, 5) is 34.1. The minimum absolute atomic E-state index is 0.0337. The Kier molecular flexibility index (Phi) is 6.92. The normalized spacial score (nSPS) is 18.7. The van der Waals surface area contributed by atoms with E-state index in [0.29, 0.717) is 38.6 Å². The molecule has 1 aromatic carbocycles. The third-order valence-corrected chi connectivity index (χ3v) is 6.38. The molecule has 0 radical (unpaired) electrons. The summed E-state index contributed by atoms with van der Waals surface area (Å²) >= 11 is 0. The maximum Gasteiger partial charge on any atom is 0.256 e. The van der Waals surface area contributed by atoms with E-state index in [9.17, 15) is 14.0 Å². The minimum atomic E-state index is -0.493. The molecule has 6 nitrogen and oxygen atoms in total. The van der Waals surface area contributed by atoms with Gasteiger partial charge in [0.25, 0.3) is 5.91 Å². The van der Waals surface area contributed by atoms with Gasteiger partial charge in [0.05, 0.1) is 23.8 Å². The Bertz CT molecular complexity index is 893.